The van der Waals surface area contributed by atoms with E-state index in [1.54, 1.807) is 7.11 Å². The fourth-order valence-corrected chi connectivity index (χ4v) is 3.19. The van der Waals surface area contributed by atoms with Gasteiger partial charge in [-0.1, -0.05) is 24.6 Å². The van der Waals surface area contributed by atoms with Gasteiger partial charge in [0.2, 0.25) is 5.91 Å². The third-order valence-electron chi connectivity index (χ3n) is 4.75. The standard InChI is InChI=1S/C19H20N4O2/c1-25-16-10-3-2-6-14(16)12-17(24)20-15-9-5-11-23-18(13-7-4-8-13)21-22-19(15)23/h2-3,5-6,9-11,13H,4,7-8,12H2,1H3,(H,20,24). The molecule has 1 aromatic carbocycles. The first-order valence-electron chi connectivity index (χ1n) is 8.51. The number of amides is 1. The van der Waals surface area contributed by atoms with E-state index in [2.05, 4.69) is 15.5 Å². The van der Waals surface area contributed by atoms with Crippen molar-refractivity contribution in [2.75, 3.05) is 12.4 Å². The number of carbonyl (C=O) groups is 1. The van der Waals surface area contributed by atoms with Crippen LogP contribution < -0.4 is 10.1 Å². The Kier molecular flexibility index (Phi) is 4.09. The van der Waals surface area contributed by atoms with E-state index in [1.165, 1.54) is 6.42 Å². The number of nitrogens with zero attached hydrogens (tertiary/aromatic N) is 3. The molecule has 1 aliphatic rings. The topological polar surface area (TPSA) is 68.5 Å². The Morgan fingerprint density at radius 3 is 2.84 bits per heavy atom. The van der Waals surface area contributed by atoms with Gasteiger partial charge in [0.25, 0.3) is 0 Å². The summed E-state index contributed by atoms with van der Waals surface area (Å²) in [5, 5.41) is 11.6. The minimum Gasteiger partial charge on any atom is -0.496 e. The summed E-state index contributed by atoms with van der Waals surface area (Å²) in [6.45, 7) is 0. The molecule has 25 heavy (non-hydrogen) atoms. The van der Waals surface area contributed by atoms with Crippen molar-refractivity contribution in [2.24, 2.45) is 0 Å². The first-order valence-corrected chi connectivity index (χ1v) is 8.51. The maximum atomic E-state index is 12.5. The smallest absolute Gasteiger partial charge is 0.229 e. The van der Waals surface area contributed by atoms with E-state index in [0.29, 0.717) is 23.0 Å². The van der Waals surface area contributed by atoms with Crippen LogP contribution in [0.15, 0.2) is 42.6 Å². The van der Waals surface area contributed by atoms with Crippen molar-refractivity contribution in [3.05, 3.63) is 54.0 Å². The molecule has 0 spiro atoms. The molecule has 1 N–H and O–H groups in total. The van der Waals surface area contributed by atoms with Gasteiger partial charge in [-0.3, -0.25) is 9.20 Å². The molecule has 4 rings (SSSR count). The van der Waals surface area contributed by atoms with E-state index in [4.69, 9.17) is 4.74 Å². The lowest BCUT2D eigenvalue weighted by atomic mass is 9.85. The molecule has 2 heterocycles. The van der Waals surface area contributed by atoms with Gasteiger partial charge in [0.15, 0.2) is 5.65 Å². The summed E-state index contributed by atoms with van der Waals surface area (Å²) in [5.74, 6) is 2.08. The van der Waals surface area contributed by atoms with Crippen LogP contribution in [0.2, 0.25) is 0 Å². The summed E-state index contributed by atoms with van der Waals surface area (Å²) in [6.07, 6.45) is 5.76. The lowest BCUT2D eigenvalue weighted by Crippen LogP contribution is -2.16. The summed E-state index contributed by atoms with van der Waals surface area (Å²) >= 11 is 0. The van der Waals surface area contributed by atoms with E-state index < -0.39 is 0 Å². The van der Waals surface area contributed by atoms with Crippen LogP contribution in [-0.4, -0.2) is 27.6 Å². The number of benzene rings is 1. The van der Waals surface area contributed by atoms with Gasteiger partial charge in [-0.05, 0) is 31.0 Å². The van der Waals surface area contributed by atoms with Crippen LogP contribution in [0.1, 0.15) is 36.6 Å². The Bertz CT molecular complexity index is 915. The lowest BCUT2D eigenvalue weighted by molar-refractivity contribution is -0.115. The fraction of sp³-hybridized carbons (Fsp3) is 0.316. The Morgan fingerprint density at radius 1 is 1.24 bits per heavy atom. The van der Waals surface area contributed by atoms with Crippen LogP contribution in [0.5, 0.6) is 5.75 Å². The fourth-order valence-electron chi connectivity index (χ4n) is 3.19. The predicted molar refractivity (Wildman–Crippen MR) is 94.9 cm³/mol. The second kappa shape index (κ2) is 6.55. The molecule has 6 heteroatoms. The van der Waals surface area contributed by atoms with Crippen LogP contribution in [-0.2, 0) is 11.2 Å². The van der Waals surface area contributed by atoms with E-state index in [9.17, 15) is 4.79 Å². The van der Waals surface area contributed by atoms with Crippen molar-refractivity contribution in [2.45, 2.75) is 31.6 Å². The summed E-state index contributed by atoms with van der Waals surface area (Å²) in [4.78, 5) is 12.5. The maximum absolute atomic E-state index is 12.5. The number of carbonyl (C=O) groups excluding carboxylic acids is 1. The van der Waals surface area contributed by atoms with Crippen LogP contribution in [0, 0.1) is 0 Å². The second-order valence-corrected chi connectivity index (χ2v) is 6.34. The molecule has 6 nitrogen and oxygen atoms in total. The maximum Gasteiger partial charge on any atom is 0.229 e. The van der Waals surface area contributed by atoms with Gasteiger partial charge in [0.1, 0.15) is 11.6 Å². The molecule has 1 aliphatic carbocycles. The quantitative estimate of drug-likeness (QED) is 0.777. The van der Waals surface area contributed by atoms with E-state index >= 15 is 0 Å². The van der Waals surface area contributed by atoms with Crippen LogP contribution >= 0.6 is 0 Å². The number of nitrogens with one attached hydrogen (secondary N) is 1. The summed E-state index contributed by atoms with van der Waals surface area (Å²) in [6, 6.07) is 11.3. The van der Waals surface area contributed by atoms with E-state index in [1.807, 2.05) is 47.0 Å². The molecule has 128 valence electrons. The van der Waals surface area contributed by atoms with Crippen molar-refractivity contribution in [1.82, 2.24) is 14.6 Å². The van der Waals surface area contributed by atoms with Gasteiger partial charge >= 0.3 is 0 Å². The number of para-hydroxylation sites is 1. The Hall–Kier alpha value is -2.89. The molecule has 0 unspecified atom stereocenters. The van der Waals surface area contributed by atoms with Crippen LogP contribution in [0.25, 0.3) is 5.65 Å². The highest BCUT2D eigenvalue weighted by Crippen LogP contribution is 2.35. The highest BCUT2D eigenvalue weighted by Gasteiger charge is 2.25. The zero-order chi connectivity index (χ0) is 17.2. The van der Waals surface area contributed by atoms with E-state index in [0.717, 1.165) is 24.2 Å². The molecule has 1 saturated carbocycles. The number of ether oxygens (including phenoxy) is 1. The molecular formula is C19H20N4O2. The zero-order valence-corrected chi connectivity index (χ0v) is 14.1. The number of pyridine rings is 1. The van der Waals surface area contributed by atoms with E-state index in [-0.39, 0.29) is 12.3 Å². The average molecular weight is 336 g/mol. The number of methoxy groups -OCH3 is 1. The summed E-state index contributed by atoms with van der Waals surface area (Å²) in [7, 11) is 1.61. The second-order valence-electron chi connectivity index (χ2n) is 6.34. The van der Waals surface area contributed by atoms with Gasteiger partial charge in [-0.25, -0.2) is 0 Å². The number of anilines is 1. The van der Waals surface area contributed by atoms with Gasteiger partial charge in [-0.2, -0.15) is 0 Å². The minimum atomic E-state index is -0.106. The molecule has 1 fully saturated rings. The van der Waals surface area contributed by atoms with Crippen LogP contribution in [0.4, 0.5) is 5.69 Å². The van der Waals surface area contributed by atoms with Gasteiger partial charge in [0.05, 0.1) is 19.2 Å². The number of fused-ring (bicyclic) bond motifs is 1. The number of hydrogen-bond acceptors (Lipinski definition) is 4. The zero-order valence-electron chi connectivity index (χ0n) is 14.1. The largest absolute Gasteiger partial charge is 0.496 e. The highest BCUT2D eigenvalue weighted by molar-refractivity contribution is 5.95. The average Bonchev–Trinajstić information content (AvgIpc) is 2.99. The molecule has 3 aromatic rings. The van der Waals surface area contributed by atoms with Gasteiger partial charge < -0.3 is 10.1 Å². The van der Waals surface area contributed by atoms with Crippen molar-refractivity contribution in [3.63, 3.8) is 0 Å². The third-order valence-corrected chi connectivity index (χ3v) is 4.75. The monoisotopic (exact) mass is 336 g/mol. The lowest BCUT2D eigenvalue weighted by Gasteiger charge is -2.23. The molecule has 2 aromatic heterocycles. The number of rotatable bonds is 5. The first kappa shape index (κ1) is 15.6. The SMILES string of the molecule is COc1ccccc1CC(=O)Nc1cccn2c(C3CCC3)nnc12. The molecule has 1 amide bonds. The first-order chi connectivity index (χ1) is 12.3. The molecule has 0 atom stereocenters. The number of hydrogen-bond donors (Lipinski definition) is 1. The summed E-state index contributed by atoms with van der Waals surface area (Å²) < 4.78 is 7.30. The van der Waals surface area contributed by atoms with Crippen LogP contribution in [0.3, 0.4) is 0 Å². The molecule has 0 radical (unpaired) electrons. The van der Waals surface area contributed by atoms with Gasteiger partial charge in [-0.15, -0.1) is 10.2 Å². The molecule has 0 aliphatic heterocycles. The normalized spacial score (nSPS) is 14.3. The Morgan fingerprint density at radius 2 is 2.08 bits per heavy atom. The summed E-state index contributed by atoms with van der Waals surface area (Å²) in [5.41, 5.74) is 2.23. The van der Waals surface area contributed by atoms with Crippen molar-refractivity contribution >= 4 is 17.2 Å². The minimum absolute atomic E-state index is 0.106. The molecule has 0 saturated heterocycles. The highest BCUT2D eigenvalue weighted by atomic mass is 16.5. The number of aromatic nitrogens is 3. The predicted octanol–water partition coefficient (Wildman–Crippen LogP) is 3.19. The van der Waals surface area contributed by atoms with Crippen molar-refractivity contribution in [1.29, 1.82) is 0 Å². The van der Waals surface area contributed by atoms with Gasteiger partial charge in [0, 0.05) is 17.7 Å². The Balaban J connectivity index is 1.56. The third kappa shape index (κ3) is 2.95. The molecule has 0 bridgehead atoms. The Labute approximate surface area is 145 Å². The molecular weight excluding hydrogens is 316 g/mol. The van der Waals surface area contributed by atoms with Crippen molar-refractivity contribution in [3.8, 4) is 5.75 Å². The van der Waals surface area contributed by atoms with Crippen molar-refractivity contribution < 1.29 is 9.53 Å².